The minimum atomic E-state index is 0.313. The Morgan fingerprint density at radius 2 is 1.90 bits per heavy atom. The first-order valence-corrected chi connectivity index (χ1v) is 8.57. The molecule has 0 spiro atoms. The number of rotatable bonds is 1. The molecule has 0 saturated carbocycles. The molecule has 0 aromatic heterocycles. The highest BCUT2D eigenvalue weighted by molar-refractivity contribution is 5.59. The third kappa shape index (κ3) is 2.96. The van der Waals surface area contributed by atoms with Crippen LogP contribution >= 0.6 is 0 Å². The molecule has 1 N–H and O–H groups in total. The zero-order chi connectivity index (χ0) is 15.0. The maximum atomic E-state index is 3.75. The van der Waals surface area contributed by atoms with Crippen LogP contribution in [0.25, 0.3) is 0 Å². The van der Waals surface area contributed by atoms with Crippen molar-refractivity contribution in [1.29, 1.82) is 0 Å². The lowest BCUT2D eigenvalue weighted by Gasteiger charge is -2.46. The Morgan fingerprint density at radius 3 is 2.67 bits per heavy atom. The zero-order valence-electron chi connectivity index (χ0n) is 14.1. The summed E-state index contributed by atoms with van der Waals surface area (Å²) in [5, 5.41) is 3.75. The number of benzene rings is 1. The van der Waals surface area contributed by atoms with E-state index in [9.17, 15) is 0 Å². The first kappa shape index (κ1) is 14.9. The molecule has 2 aliphatic rings. The second-order valence-electron chi connectivity index (χ2n) is 7.95. The van der Waals surface area contributed by atoms with Crippen molar-refractivity contribution in [2.75, 3.05) is 18.0 Å². The highest BCUT2D eigenvalue weighted by atomic mass is 15.2. The van der Waals surface area contributed by atoms with Gasteiger partial charge in [0.1, 0.15) is 0 Å². The van der Waals surface area contributed by atoms with Gasteiger partial charge in [-0.3, -0.25) is 0 Å². The summed E-state index contributed by atoms with van der Waals surface area (Å²) in [6.45, 7) is 11.6. The number of hydrogen-bond acceptors (Lipinski definition) is 2. The molecule has 2 nitrogen and oxygen atoms in total. The summed E-state index contributed by atoms with van der Waals surface area (Å²) in [6.07, 6.45) is 5.25. The summed E-state index contributed by atoms with van der Waals surface area (Å²) in [6, 6.07) is 8.10. The second-order valence-corrected chi connectivity index (χ2v) is 7.95. The summed E-state index contributed by atoms with van der Waals surface area (Å²) < 4.78 is 0. The third-order valence-corrected chi connectivity index (χ3v) is 5.30. The Balaban J connectivity index is 1.91. The van der Waals surface area contributed by atoms with E-state index < -0.39 is 0 Å². The van der Waals surface area contributed by atoms with Gasteiger partial charge < -0.3 is 10.2 Å². The van der Waals surface area contributed by atoms with E-state index in [1.807, 2.05) is 0 Å². The van der Waals surface area contributed by atoms with Crippen molar-refractivity contribution in [3.8, 4) is 0 Å². The summed E-state index contributed by atoms with van der Waals surface area (Å²) in [5.74, 6) is 0. The normalized spacial score (nSPS) is 26.6. The lowest BCUT2D eigenvalue weighted by Crippen LogP contribution is -2.59. The Kier molecular flexibility index (Phi) is 4.00. The first-order chi connectivity index (χ1) is 9.97. The first-order valence-electron chi connectivity index (χ1n) is 8.57. The Morgan fingerprint density at radius 1 is 1.14 bits per heavy atom. The maximum Gasteiger partial charge on any atom is 0.0404 e. The molecule has 2 atom stereocenters. The van der Waals surface area contributed by atoms with E-state index in [-0.39, 0.29) is 0 Å². The van der Waals surface area contributed by atoms with Gasteiger partial charge in [0.25, 0.3) is 0 Å². The molecule has 116 valence electrons. The minimum Gasteiger partial charge on any atom is -0.366 e. The molecular weight excluding hydrogens is 256 g/mol. The molecule has 1 heterocycles. The molecule has 1 aliphatic carbocycles. The Bertz CT molecular complexity index is 501. The van der Waals surface area contributed by atoms with Crippen LogP contribution in [-0.2, 0) is 12.8 Å². The number of nitrogens with one attached hydrogen (secondary N) is 1. The van der Waals surface area contributed by atoms with Gasteiger partial charge in [-0.15, -0.1) is 0 Å². The quantitative estimate of drug-likeness (QED) is 0.845. The second kappa shape index (κ2) is 5.64. The van der Waals surface area contributed by atoms with Gasteiger partial charge in [-0.2, -0.15) is 0 Å². The van der Waals surface area contributed by atoms with E-state index in [0.717, 1.165) is 13.1 Å². The largest absolute Gasteiger partial charge is 0.366 e. The van der Waals surface area contributed by atoms with Gasteiger partial charge >= 0.3 is 0 Å². The maximum absolute atomic E-state index is 3.75. The minimum absolute atomic E-state index is 0.313. The van der Waals surface area contributed by atoms with Gasteiger partial charge in [0.2, 0.25) is 0 Å². The fourth-order valence-corrected chi connectivity index (χ4v) is 3.81. The molecule has 2 heteroatoms. The van der Waals surface area contributed by atoms with E-state index >= 15 is 0 Å². The van der Waals surface area contributed by atoms with Crippen LogP contribution in [0.5, 0.6) is 0 Å². The van der Waals surface area contributed by atoms with E-state index in [1.54, 1.807) is 11.1 Å². The summed E-state index contributed by atoms with van der Waals surface area (Å²) in [7, 11) is 0. The lowest BCUT2D eigenvalue weighted by atomic mass is 9.84. The van der Waals surface area contributed by atoms with E-state index in [0.29, 0.717) is 17.5 Å². The molecule has 1 fully saturated rings. The van der Waals surface area contributed by atoms with Crippen LogP contribution in [0.4, 0.5) is 5.69 Å². The molecule has 1 aromatic rings. The predicted octanol–water partition coefficient (Wildman–Crippen LogP) is 3.78. The fourth-order valence-electron chi connectivity index (χ4n) is 3.81. The predicted molar refractivity (Wildman–Crippen MR) is 91.1 cm³/mol. The lowest BCUT2D eigenvalue weighted by molar-refractivity contribution is 0.238. The van der Waals surface area contributed by atoms with Crippen LogP contribution in [0.2, 0.25) is 0 Å². The monoisotopic (exact) mass is 286 g/mol. The zero-order valence-corrected chi connectivity index (χ0v) is 14.1. The Hall–Kier alpha value is -1.02. The van der Waals surface area contributed by atoms with Crippen LogP contribution in [0.3, 0.4) is 0 Å². The number of aryl methyl sites for hydroxylation is 1. The van der Waals surface area contributed by atoms with Crippen LogP contribution in [0, 0.1) is 5.41 Å². The van der Waals surface area contributed by atoms with Crippen LogP contribution in [0.1, 0.15) is 51.7 Å². The molecule has 0 amide bonds. The number of nitrogens with zero attached hydrogens (tertiary/aromatic N) is 1. The van der Waals surface area contributed by atoms with Gasteiger partial charge in [-0.05, 0) is 55.2 Å². The molecule has 2 unspecified atom stereocenters. The van der Waals surface area contributed by atoms with Gasteiger partial charge in [0.15, 0.2) is 0 Å². The summed E-state index contributed by atoms with van der Waals surface area (Å²) >= 11 is 0. The molecule has 1 aromatic carbocycles. The van der Waals surface area contributed by atoms with E-state index in [2.05, 4.69) is 56.1 Å². The highest BCUT2D eigenvalue weighted by Crippen LogP contribution is 2.34. The fraction of sp³-hybridized carbons (Fsp3) is 0.684. The standard InChI is InChI=1S/C19H30N2/c1-14-12-20-18(19(2,3)4)13-21(14)17-11-7-9-15-8-5-6-10-16(15)17/h7,9,11,14,18,20H,5-6,8,10,12-13H2,1-4H3. The molecule has 1 saturated heterocycles. The number of anilines is 1. The number of hydrogen-bond donors (Lipinski definition) is 1. The van der Waals surface area contributed by atoms with Crippen molar-refractivity contribution < 1.29 is 0 Å². The topological polar surface area (TPSA) is 15.3 Å². The van der Waals surface area contributed by atoms with Crippen molar-refractivity contribution in [2.24, 2.45) is 5.41 Å². The SMILES string of the molecule is CC1CNC(C(C)(C)C)CN1c1cccc2c1CCCC2. The van der Waals surface area contributed by atoms with Gasteiger partial charge in [-0.25, -0.2) is 0 Å². The van der Waals surface area contributed by atoms with Crippen molar-refractivity contribution in [3.63, 3.8) is 0 Å². The number of fused-ring (bicyclic) bond motifs is 1. The molecular formula is C19H30N2. The average Bonchev–Trinajstić information content (AvgIpc) is 2.46. The van der Waals surface area contributed by atoms with Gasteiger partial charge in [-0.1, -0.05) is 32.9 Å². The molecule has 21 heavy (non-hydrogen) atoms. The molecule has 0 bridgehead atoms. The summed E-state index contributed by atoms with van der Waals surface area (Å²) in [4.78, 5) is 2.66. The molecule has 0 radical (unpaired) electrons. The highest BCUT2D eigenvalue weighted by Gasteiger charge is 2.33. The van der Waals surface area contributed by atoms with E-state index in [1.165, 1.54) is 31.4 Å². The third-order valence-electron chi connectivity index (χ3n) is 5.30. The van der Waals surface area contributed by atoms with Gasteiger partial charge in [0.05, 0.1) is 0 Å². The van der Waals surface area contributed by atoms with E-state index in [4.69, 9.17) is 0 Å². The smallest absolute Gasteiger partial charge is 0.0404 e. The molecule has 3 rings (SSSR count). The van der Waals surface area contributed by atoms with Crippen molar-refractivity contribution in [3.05, 3.63) is 29.3 Å². The molecule has 1 aliphatic heterocycles. The van der Waals surface area contributed by atoms with Crippen molar-refractivity contribution in [2.45, 2.75) is 65.5 Å². The van der Waals surface area contributed by atoms with Crippen LogP contribution in [0.15, 0.2) is 18.2 Å². The van der Waals surface area contributed by atoms with Gasteiger partial charge in [0, 0.05) is 30.9 Å². The number of piperazine rings is 1. The summed E-state index contributed by atoms with van der Waals surface area (Å²) in [5.41, 5.74) is 5.05. The van der Waals surface area contributed by atoms with Crippen LogP contribution in [-0.4, -0.2) is 25.2 Å². The van der Waals surface area contributed by atoms with Crippen molar-refractivity contribution in [1.82, 2.24) is 5.32 Å². The Labute approximate surface area is 129 Å². The van der Waals surface area contributed by atoms with Crippen molar-refractivity contribution >= 4 is 5.69 Å². The van der Waals surface area contributed by atoms with Crippen LogP contribution < -0.4 is 10.2 Å². The average molecular weight is 286 g/mol.